The lowest BCUT2D eigenvalue weighted by molar-refractivity contribution is -0.127. The molecule has 5 heteroatoms. The lowest BCUT2D eigenvalue weighted by atomic mass is 10.1. The second kappa shape index (κ2) is 7.54. The van der Waals surface area contributed by atoms with Crippen LogP contribution in [0, 0.1) is 11.6 Å². The molecule has 0 aliphatic heterocycles. The van der Waals surface area contributed by atoms with Gasteiger partial charge in [0.25, 0.3) is 5.91 Å². The van der Waals surface area contributed by atoms with Crippen LogP contribution in [0.3, 0.4) is 0 Å². The van der Waals surface area contributed by atoms with Gasteiger partial charge in [-0.1, -0.05) is 18.2 Å². The molecule has 0 aliphatic carbocycles. The van der Waals surface area contributed by atoms with Gasteiger partial charge in [-0.2, -0.15) is 0 Å². The Bertz CT molecular complexity index is 629. The number of carbonyl (C=O) groups excluding carboxylic acids is 1. The van der Waals surface area contributed by atoms with Crippen LogP contribution >= 0.6 is 0 Å². The van der Waals surface area contributed by atoms with Crippen LogP contribution in [0.25, 0.3) is 0 Å². The second-order valence-corrected chi connectivity index (χ2v) is 4.88. The van der Waals surface area contributed by atoms with Gasteiger partial charge in [-0.3, -0.25) is 4.79 Å². The van der Waals surface area contributed by atoms with Gasteiger partial charge in [0.1, 0.15) is 17.4 Å². The number of rotatable bonds is 6. The van der Waals surface area contributed by atoms with E-state index in [1.54, 1.807) is 25.1 Å². The highest BCUT2D eigenvalue weighted by atomic mass is 19.1. The molecule has 2 aromatic rings. The molecule has 0 aromatic heterocycles. The van der Waals surface area contributed by atoms with Crippen molar-refractivity contribution in [2.24, 2.45) is 0 Å². The van der Waals surface area contributed by atoms with Gasteiger partial charge in [-0.05, 0) is 43.2 Å². The number of hydrogen-bond donors (Lipinski definition) is 1. The molecule has 2 aromatic carbocycles. The van der Waals surface area contributed by atoms with E-state index in [1.165, 1.54) is 30.3 Å². The number of ether oxygens (including phenoxy) is 1. The molecule has 2 rings (SSSR count). The van der Waals surface area contributed by atoms with Gasteiger partial charge in [-0.15, -0.1) is 0 Å². The lowest BCUT2D eigenvalue weighted by Gasteiger charge is -2.14. The summed E-state index contributed by atoms with van der Waals surface area (Å²) < 4.78 is 31.2. The second-order valence-electron chi connectivity index (χ2n) is 4.88. The first-order valence-corrected chi connectivity index (χ1v) is 6.99. The van der Waals surface area contributed by atoms with Gasteiger partial charge < -0.3 is 10.1 Å². The SMILES string of the molecule is CC(Oc1cccc(F)c1)C(=O)NCCc1ccc(F)cc1. The molecule has 116 valence electrons. The smallest absolute Gasteiger partial charge is 0.260 e. The van der Waals surface area contributed by atoms with E-state index in [2.05, 4.69) is 5.32 Å². The number of amides is 1. The first-order valence-electron chi connectivity index (χ1n) is 6.99. The predicted molar refractivity (Wildman–Crippen MR) is 79.6 cm³/mol. The standard InChI is InChI=1S/C17H17F2NO2/c1-12(22-16-4-2-3-15(19)11-16)17(21)20-10-9-13-5-7-14(18)8-6-13/h2-8,11-12H,9-10H2,1H3,(H,20,21). The van der Waals surface area contributed by atoms with E-state index >= 15 is 0 Å². The summed E-state index contributed by atoms with van der Waals surface area (Å²) in [6.45, 7) is 2.01. The zero-order chi connectivity index (χ0) is 15.9. The first-order chi connectivity index (χ1) is 10.5. The molecule has 0 saturated heterocycles. The summed E-state index contributed by atoms with van der Waals surface area (Å²) in [5.41, 5.74) is 0.931. The lowest BCUT2D eigenvalue weighted by Crippen LogP contribution is -2.37. The Balaban J connectivity index is 1.77. The van der Waals surface area contributed by atoms with E-state index in [-0.39, 0.29) is 11.7 Å². The molecule has 0 saturated carbocycles. The van der Waals surface area contributed by atoms with E-state index in [9.17, 15) is 13.6 Å². The summed E-state index contributed by atoms with van der Waals surface area (Å²) in [5, 5.41) is 2.73. The van der Waals surface area contributed by atoms with Crippen LogP contribution in [-0.4, -0.2) is 18.6 Å². The average Bonchev–Trinajstić information content (AvgIpc) is 2.49. The van der Waals surface area contributed by atoms with Crippen molar-refractivity contribution in [2.75, 3.05) is 6.54 Å². The molecule has 3 nitrogen and oxygen atoms in total. The van der Waals surface area contributed by atoms with Gasteiger partial charge in [0.15, 0.2) is 6.10 Å². The quantitative estimate of drug-likeness (QED) is 0.890. The first kappa shape index (κ1) is 15.9. The number of halogens is 2. The van der Waals surface area contributed by atoms with Crippen molar-refractivity contribution in [3.05, 3.63) is 65.7 Å². The van der Waals surface area contributed by atoms with E-state index in [4.69, 9.17) is 4.74 Å². The highest BCUT2D eigenvalue weighted by molar-refractivity contribution is 5.80. The van der Waals surface area contributed by atoms with Crippen LogP contribution in [0.4, 0.5) is 8.78 Å². The summed E-state index contributed by atoms with van der Waals surface area (Å²) in [7, 11) is 0. The molecule has 0 radical (unpaired) electrons. The zero-order valence-electron chi connectivity index (χ0n) is 12.2. The van der Waals surface area contributed by atoms with Crippen molar-refractivity contribution in [3.8, 4) is 5.75 Å². The predicted octanol–water partition coefficient (Wildman–Crippen LogP) is 3.09. The van der Waals surface area contributed by atoms with Gasteiger partial charge in [0.05, 0.1) is 0 Å². The molecule has 1 amide bonds. The number of nitrogens with one attached hydrogen (secondary N) is 1. The van der Waals surface area contributed by atoms with Crippen molar-refractivity contribution >= 4 is 5.91 Å². The van der Waals surface area contributed by atoms with E-state index in [0.29, 0.717) is 18.7 Å². The fraction of sp³-hybridized carbons (Fsp3) is 0.235. The third-order valence-electron chi connectivity index (χ3n) is 3.10. The van der Waals surface area contributed by atoms with Crippen molar-refractivity contribution in [1.82, 2.24) is 5.32 Å². The molecule has 0 bridgehead atoms. The van der Waals surface area contributed by atoms with E-state index in [1.807, 2.05) is 0 Å². The fourth-order valence-corrected chi connectivity index (χ4v) is 1.92. The molecule has 0 spiro atoms. The van der Waals surface area contributed by atoms with Crippen molar-refractivity contribution in [2.45, 2.75) is 19.4 Å². The zero-order valence-corrected chi connectivity index (χ0v) is 12.2. The maximum Gasteiger partial charge on any atom is 0.260 e. The molecule has 0 aliphatic rings. The Morgan fingerprint density at radius 2 is 1.86 bits per heavy atom. The largest absolute Gasteiger partial charge is 0.481 e. The molecule has 1 unspecified atom stereocenters. The third kappa shape index (κ3) is 4.84. The Kier molecular flexibility index (Phi) is 5.47. The molecule has 1 N–H and O–H groups in total. The Labute approximate surface area is 127 Å². The maximum absolute atomic E-state index is 13.0. The van der Waals surface area contributed by atoms with Crippen molar-refractivity contribution in [1.29, 1.82) is 0 Å². The summed E-state index contributed by atoms with van der Waals surface area (Å²) >= 11 is 0. The number of carbonyl (C=O) groups is 1. The van der Waals surface area contributed by atoms with E-state index in [0.717, 1.165) is 5.56 Å². The molecule has 0 fully saturated rings. The van der Waals surface area contributed by atoms with Gasteiger partial charge in [0.2, 0.25) is 0 Å². The van der Waals surface area contributed by atoms with Crippen LogP contribution in [0.5, 0.6) is 5.75 Å². The number of benzene rings is 2. The van der Waals surface area contributed by atoms with Crippen LogP contribution < -0.4 is 10.1 Å². The Hall–Kier alpha value is -2.43. The maximum atomic E-state index is 13.0. The number of hydrogen-bond acceptors (Lipinski definition) is 2. The Morgan fingerprint density at radius 1 is 1.14 bits per heavy atom. The molecule has 22 heavy (non-hydrogen) atoms. The summed E-state index contributed by atoms with van der Waals surface area (Å²) in [4.78, 5) is 11.9. The topological polar surface area (TPSA) is 38.3 Å². The minimum atomic E-state index is -0.727. The van der Waals surface area contributed by atoms with Crippen molar-refractivity contribution in [3.63, 3.8) is 0 Å². The van der Waals surface area contributed by atoms with Gasteiger partial charge >= 0.3 is 0 Å². The fourth-order valence-electron chi connectivity index (χ4n) is 1.92. The molecule has 0 heterocycles. The van der Waals surface area contributed by atoms with Crippen LogP contribution in [0.2, 0.25) is 0 Å². The van der Waals surface area contributed by atoms with Gasteiger partial charge in [0, 0.05) is 12.6 Å². The van der Waals surface area contributed by atoms with Crippen molar-refractivity contribution < 1.29 is 18.3 Å². The van der Waals surface area contributed by atoms with E-state index < -0.39 is 11.9 Å². The van der Waals surface area contributed by atoms with Crippen LogP contribution in [0.15, 0.2) is 48.5 Å². The van der Waals surface area contributed by atoms with Crippen LogP contribution in [-0.2, 0) is 11.2 Å². The normalized spacial score (nSPS) is 11.8. The summed E-state index contributed by atoms with van der Waals surface area (Å²) in [6, 6.07) is 11.7. The Morgan fingerprint density at radius 3 is 2.55 bits per heavy atom. The minimum absolute atomic E-state index is 0.286. The highest BCUT2D eigenvalue weighted by Gasteiger charge is 2.14. The highest BCUT2D eigenvalue weighted by Crippen LogP contribution is 2.13. The monoisotopic (exact) mass is 305 g/mol. The molecular formula is C17H17F2NO2. The average molecular weight is 305 g/mol. The van der Waals surface area contributed by atoms with Gasteiger partial charge in [-0.25, -0.2) is 8.78 Å². The molecular weight excluding hydrogens is 288 g/mol. The minimum Gasteiger partial charge on any atom is -0.481 e. The third-order valence-corrected chi connectivity index (χ3v) is 3.10. The van der Waals surface area contributed by atoms with Crippen LogP contribution in [0.1, 0.15) is 12.5 Å². The summed E-state index contributed by atoms with van der Waals surface area (Å²) in [6.07, 6.45) is -0.131. The molecule has 1 atom stereocenters. The summed E-state index contributed by atoms with van der Waals surface area (Å²) in [5.74, 6) is -0.682.